The fourth-order valence-corrected chi connectivity index (χ4v) is 4.33. The predicted molar refractivity (Wildman–Crippen MR) is 79.2 cm³/mol. The number of ether oxygens (including phenoxy) is 1. The van der Waals surface area contributed by atoms with E-state index in [0.29, 0.717) is 18.8 Å². The highest BCUT2D eigenvalue weighted by Crippen LogP contribution is 2.29. The molecule has 1 heterocycles. The molecule has 1 aromatic carbocycles. The maximum Gasteiger partial charge on any atom is 0.243 e. The number of nitrogen functional groups attached to an aromatic ring is 1. The maximum absolute atomic E-state index is 12.7. The molecule has 0 spiro atoms. The van der Waals surface area contributed by atoms with Gasteiger partial charge in [0, 0.05) is 13.1 Å². The number of anilines is 1. The van der Waals surface area contributed by atoms with Crippen LogP contribution < -0.4 is 5.73 Å². The van der Waals surface area contributed by atoms with Crippen LogP contribution in [0.4, 0.5) is 5.69 Å². The number of rotatable bonds is 2. The first-order valence-corrected chi connectivity index (χ1v) is 8.17. The average Bonchev–Trinajstić information content (AvgIpc) is 2.30. The topological polar surface area (TPSA) is 72.6 Å². The summed E-state index contributed by atoms with van der Waals surface area (Å²) in [7, 11) is -3.59. The second kappa shape index (κ2) is 5.18. The Labute approximate surface area is 124 Å². The van der Waals surface area contributed by atoms with Crippen LogP contribution in [0.2, 0.25) is 5.02 Å². The summed E-state index contributed by atoms with van der Waals surface area (Å²) >= 11 is 5.91. The van der Waals surface area contributed by atoms with E-state index in [1.807, 2.05) is 20.8 Å². The van der Waals surface area contributed by atoms with Gasteiger partial charge in [-0.1, -0.05) is 11.6 Å². The average molecular weight is 319 g/mol. The molecule has 1 aliphatic heterocycles. The molecule has 2 N–H and O–H groups in total. The van der Waals surface area contributed by atoms with Crippen LogP contribution in [-0.2, 0) is 14.8 Å². The zero-order chi connectivity index (χ0) is 15.1. The summed E-state index contributed by atoms with van der Waals surface area (Å²) in [6.07, 6.45) is -0.155. The van der Waals surface area contributed by atoms with Gasteiger partial charge in [0.1, 0.15) is 0 Å². The van der Waals surface area contributed by atoms with Crippen molar-refractivity contribution in [2.24, 2.45) is 0 Å². The summed E-state index contributed by atoms with van der Waals surface area (Å²) in [6.45, 7) is 6.25. The van der Waals surface area contributed by atoms with E-state index >= 15 is 0 Å². The van der Waals surface area contributed by atoms with Crippen molar-refractivity contribution in [1.82, 2.24) is 4.31 Å². The number of nitrogens with two attached hydrogens (primary N) is 1. The van der Waals surface area contributed by atoms with Gasteiger partial charge in [-0.2, -0.15) is 4.31 Å². The van der Waals surface area contributed by atoms with Gasteiger partial charge in [-0.25, -0.2) is 8.42 Å². The van der Waals surface area contributed by atoms with Crippen LogP contribution in [0.15, 0.2) is 23.1 Å². The van der Waals surface area contributed by atoms with Crippen LogP contribution in [0.25, 0.3) is 0 Å². The van der Waals surface area contributed by atoms with Gasteiger partial charge in [-0.3, -0.25) is 0 Å². The number of benzene rings is 1. The smallest absolute Gasteiger partial charge is 0.243 e. The minimum Gasteiger partial charge on any atom is -0.398 e. The molecule has 112 valence electrons. The number of hydrogen-bond acceptors (Lipinski definition) is 4. The van der Waals surface area contributed by atoms with Gasteiger partial charge in [0.05, 0.1) is 27.3 Å². The Morgan fingerprint density at radius 1 is 1.45 bits per heavy atom. The number of nitrogens with zero attached hydrogens (tertiary/aromatic N) is 1. The standard InChI is InChI=1S/C13H19ClN2O3S/c1-9-7-16(8-13(2,3)19-9)20(17,18)10-4-5-12(15)11(14)6-10/h4-6,9H,7-8,15H2,1-3H3. The lowest BCUT2D eigenvalue weighted by molar-refractivity contribution is -0.109. The quantitative estimate of drug-likeness (QED) is 0.848. The van der Waals surface area contributed by atoms with Gasteiger partial charge in [0.15, 0.2) is 0 Å². The highest BCUT2D eigenvalue weighted by Gasteiger charge is 2.37. The zero-order valence-electron chi connectivity index (χ0n) is 11.8. The molecule has 1 aromatic rings. The first kappa shape index (κ1) is 15.6. The van der Waals surface area contributed by atoms with Crippen molar-refractivity contribution >= 4 is 27.3 Å². The summed E-state index contributed by atoms with van der Waals surface area (Å²) in [5, 5.41) is 0.242. The third-order valence-corrected chi connectivity index (χ3v) is 5.28. The van der Waals surface area contributed by atoms with Crippen molar-refractivity contribution in [2.75, 3.05) is 18.8 Å². The Kier molecular flexibility index (Phi) is 4.03. The molecule has 7 heteroatoms. The fraction of sp³-hybridized carbons (Fsp3) is 0.538. The van der Waals surface area contributed by atoms with E-state index in [1.165, 1.54) is 22.5 Å². The zero-order valence-corrected chi connectivity index (χ0v) is 13.3. The minimum atomic E-state index is -3.59. The van der Waals surface area contributed by atoms with E-state index in [4.69, 9.17) is 22.1 Å². The van der Waals surface area contributed by atoms with Crippen molar-refractivity contribution < 1.29 is 13.2 Å². The third-order valence-electron chi connectivity index (χ3n) is 3.15. The Bertz CT molecular complexity index is 616. The molecule has 1 saturated heterocycles. The molecule has 0 radical (unpaired) electrons. The minimum absolute atomic E-state index is 0.154. The Morgan fingerprint density at radius 3 is 2.65 bits per heavy atom. The SMILES string of the molecule is CC1CN(S(=O)(=O)c2ccc(N)c(Cl)c2)CC(C)(C)O1. The van der Waals surface area contributed by atoms with Crippen LogP contribution in [0.1, 0.15) is 20.8 Å². The van der Waals surface area contributed by atoms with Gasteiger partial charge in [-0.05, 0) is 39.0 Å². The van der Waals surface area contributed by atoms with Crippen molar-refractivity contribution in [1.29, 1.82) is 0 Å². The molecule has 1 aliphatic rings. The highest BCUT2D eigenvalue weighted by molar-refractivity contribution is 7.89. The van der Waals surface area contributed by atoms with Gasteiger partial charge >= 0.3 is 0 Å². The molecule has 1 unspecified atom stereocenters. The van der Waals surface area contributed by atoms with E-state index in [9.17, 15) is 8.42 Å². The summed E-state index contributed by atoms with van der Waals surface area (Å²) in [5.41, 5.74) is 5.47. The molecule has 0 aromatic heterocycles. The molecule has 1 atom stereocenters. The summed E-state index contributed by atoms with van der Waals surface area (Å²) in [5.74, 6) is 0. The second-order valence-electron chi connectivity index (χ2n) is 5.67. The monoisotopic (exact) mass is 318 g/mol. The number of sulfonamides is 1. The number of halogens is 1. The first-order valence-electron chi connectivity index (χ1n) is 6.35. The van der Waals surface area contributed by atoms with E-state index < -0.39 is 15.6 Å². The molecular weight excluding hydrogens is 300 g/mol. The number of morpholine rings is 1. The molecule has 0 saturated carbocycles. The Morgan fingerprint density at radius 2 is 2.10 bits per heavy atom. The normalized spacial score (nSPS) is 23.7. The maximum atomic E-state index is 12.7. The van der Waals surface area contributed by atoms with Crippen molar-refractivity contribution in [3.63, 3.8) is 0 Å². The summed E-state index contributed by atoms with van der Waals surface area (Å²) < 4.78 is 32.5. The van der Waals surface area contributed by atoms with Gasteiger partial charge in [0.25, 0.3) is 0 Å². The molecule has 5 nitrogen and oxygen atoms in total. The summed E-state index contributed by atoms with van der Waals surface area (Å²) in [6, 6.07) is 4.37. The van der Waals surface area contributed by atoms with Crippen molar-refractivity contribution in [3.05, 3.63) is 23.2 Å². The molecule has 20 heavy (non-hydrogen) atoms. The first-order chi connectivity index (χ1) is 9.12. The molecule has 2 rings (SSSR count). The van der Waals surface area contributed by atoms with E-state index in [2.05, 4.69) is 0 Å². The Balaban J connectivity index is 2.36. The molecule has 1 fully saturated rings. The van der Waals surface area contributed by atoms with Crippen LogP contribution in [0.5, 0.6) is 0 Å². The largest absolute Gasteiger partial charge is 0.398 e. The molecule has 0 aliphatic carbocycles. The Hall–Kier alpha value is -0.820. The van der Waals surface area contributed by atoms with Gasteiger partial charge in [-0.15, -0.1) is 0 Å². The number of hydrogen-bond donors (Lipinski definition) is 1. The summed E-state index contributed by atoms with van der Waals surface area (Å²) in [4.78, 5) is 0.154. The molecule has 0 bridgehead atoms. The van der Waals surface area contributed by atoms with Crippen LogP contribution in [0, 0.1) is 0 Å². The van der Waals surface area contributed by atoms with E-state index in [1.54, 1.807) is 0 Å². The lowest BCUT2D eigenvalue weighted by Gasteiger charge is -2.40. The van der Waals surface area contributed by atoms with Crippen molar-refractivity contribution in [2.45, 2.75) is 37.4 Å². The molecular formula is C13H19ClN2O3S. The second-order valence-corrected chi connectivity index (χ2v) is 8.01. The van der Waals surface area contributed by atoms with Crippen LogP contribution in [0.3, 0.4) is 0 Å². The highest BCUT2D eigenvalue weighted by atomic mass is 35.5. The lowest BCUT2D eigenvalue weighted by atomic mass is 10.1. The lowest BCUT2D eigenvalue weighted by Crippen LogP contribution is -2.53. The van der Waals surface area contributed by atoms with Crippen molar-refractivity contribution in [3.8, 4) is 0 Å². The predicted octanol–water partition coefficient (Wildman–Crippen LogP) is 2.11. The van der Waals surface area contributed by atoms with Crippen LogP contribution in [-0.4, -0.2) is 37.5 Å². The van der Waals surface area contributed by atoms with E-state index in [-0.39, 0.29) is 16.0 Å². The van der Waals surface area contributed by atoms with Gasteiger partial charge in [0.2, 0.25) is 10.0 Å². The van der Waals surface area contributed by atoms with Gasteiger partial charge < -0.3 is 10.5 Å². The van der Waals surface area contributed by atoms with E-state index in [0.717, 1.165) is 0 Å². The fourth-order valence-electron chi connectivity index (χ4n) is 2.40. The third kappa shape index (κ3) is 3.09. The molecule has 0 amide bonds. The van der Waals surface area contributed by atoms with Crippen LogP contribution >= 0.6 is 11.6 Å².